The molecule has 34 heavy (non-hydrogen) atoms. The third-order valence-corrected chi connectivity index (χ3v) is 8.05. The Kier molecular flexibility index (Phi) is 5.41. The molecule has 1 saturated carbocycles. The molecule has 1 aromatic heterocycles. The van der Waals surface area contributed by atoms with Crippen molar-refractivity contribution in [2.45, 2.75) is 56.7 Å². The highest BCUT2D eigenvalue weighted by Gasteiger charge is 2.48. The van der Waals surface area contributed by atoms with Crippen LogP contribution in [0.5, 0.6) is 0 Å². The number of fused-ring (bicyclic) bond motifs is 1. The first kappa shape index (κ1) is 22.1. The Morgan fingerprint density at radius 3 is 2.44 bits per heavy atom. The van der Waals surface area contributed by atoms with Gasteiger partial charge >= 0.3 is 0 Å². The first-order valence-corrected chi connectivity index (χ1v) is 12.7. The maximum Gasteiger partial charge on any atom is 0.170 e. The van der Waals surface area contributed by atoms with E-state index in [-0.39, 0.29) is 11.9 Å². The molecule has 3 heterocycles. The van der Waals surface area contributed by atoms with E-state index in [2.05, 4.69) is 52.0 Å². The number of nitrogens with zero attached hydrogens (tertiary/aromatic N) is 4. The number of β-amino-alcohol motifs (C(OH)–C–C–N with tert-alkyl or cyclic N) is 1. The molecule has 1 aliphatic carbocycles. The molecule has 3 aromatic rings. The van der Waals surface area contributed by atoms with Crippen LogP contribution in [-0.2, 0) is 5.67 Å². The first-order chi connectivity index (χ1) is 16.4. The van der Waals surface area contributed by atoms with Crippen LogP contribution in [0.4, 0.5) is 15.9 Å². The van der Waals surface area contributed by atoms with Gasteiger partial charge in [-0.05, 0) is 68.2 Å². The van der Waals surface area contributed by atoms with Crippen LogP contribution >= 0.6 is 11.6 Å². The van der Waals surface area contributed by atoms with Crippen molar-refractivity contribution in [2.75, 3.05) is 36.0 Å². The van der Waals surface area contributed by atoms with Crippen LogP contribution < -0.4 is 9.80 Å². The third-order valence-electron chi connectivity index (χ3n) is 7.76. The fourth-order valence-electron chi connectivity index (χ4n) is 5.54. The quantitative estimate of drug-likeness (QED) is 0.534. The van der Waals surface area contributed by atoms with Gasteiger partial charge in [-0.2, -0.15) is 0 Å². The second kappa shape index (κ2) is 8.35. The molecule has 0 amide bonds. The summed E-state index contributed by atoms with van der Waals surface area (Å²) in [6.07, 6.45) is 3.41. The molecule has 0 spiro atoms. The van der Waals surface area contributed by atoms with E-state index in [0.29, 0.717) is 35.8 Å². The number of aromatic nitrogens is 2. The number of alkyl halides is 1. The lowest BCUT2D eigenvalue weighted by Gasteiger charge is -2.34. The van der Waals surface area contributed by atoms with Gasteiger partial charge in [0.2, 0.25) is 0 Å². The topological polar surface area (TPSA) is 52.5 Å². The minimum atomic E-state index is -1.43. The first-order valence-electron chi connectivity index (χ1n) is 12.4. The fraction of sp³-hybridized carbons (Fsp3) is 0.481. The Balaban J connectivity index is 1.38. The smallest absolute Gasteiger partial charge is 0.170 e. The summed E-state index contributed by atoms with van der Waals surface area (Å²) in [6, 6.07) is 12.6. The lowest BCUT2D eigenvalue weighted by atomic mass is 9.87. The Hall–Kier alpha value is -2.44. The van der Waals surface area contributed by atoms with Gasteiger partial charge in [-0.15, -0.1) is 0 Å². The Labute approximate surface area is 204 Å². The van der Waals surface area contributed by atoms with Crippen molar-refractivity contribution in [1.82, 2.24) is 9.97 Å². The molecule has 3 aliphatic rings. The number of halogens is 2. The number of anilines is 2. The van der Waals surface area contributed by atoms with E-state index >= 15 is 4.39 Å². The van der Waals surface area contributed by atoms with Gasteiger partial charge in [-0.3, -0.25) is 0 Å². The van der Waals surface area contributed by atoms with Crippen molar-refractivity contribution in [3.8, 4) is 0 Å². The second-order valence-corrected chi connectivity index (χ2v) is 10.6. The third kappa shape index (κ3) is 3.91. The van der Waals surface area contributed by atoms with Gasteiger partial charge in [-0.1, -0.05) is 35.9 Å². The minimum absolute atomic E-state index is 0.266. The summed E-state index contributed by atoms with van der Waals surface area (Å²) < 4.78 is 15.1. The fourth-order valence-corrected chi connectivity index (χ4v) is 5.80. The second-order valence-electron chi connectivity index (χ2n) is 10.2. The van der Waals surface area contributed by atoms with Gasteiger partial charge in [0.15, 0.2) is 11.5 Å². The summed E-state index contributed by atoms with van der Waals surface area (Å²) in [5.41, 5.74) is 2.92. The predicted octanol–water partition coefficient (Wildman–Crippen LogP) is 5.51. The number of aryl methyl sites for hydroxylation is 1. The molecule has 178 valence electrons. The van der Waals surface area contributed by atoms with Crippen LogP contribution in [-0.4, -0.2) is 47.4 Å². The standard InChI is InChI=1S/C27H30ClFN4O/c1-17-4-2-3-5-21(17)18-6-11-32(12-7-18)25-22-14-19(33-13-8-20(34)16-33)15-23(28)24(22)30-26(31-25)27(29)9-10-27/h2-5,14-15,18,20,34H,6-13,16H2,1H3/t20-/m1/s1. The molecule has 0 unspecified atom stereocenters. The Morgan fingerprint density at radius 1 is 1.03 bits per heavy atom. The molecule has 6 rings (SSSR count). The molecule has 7 heteroatoms. The Morgan fingerprint density at radius 2 is 1.76 bits per heavy atom. The van der Waals surface area contributed by atoms with E-state index in [0.717, 1.165) is 55.8 Å². The number of benzene rings is 2. The molecular weight excluding hydrogens is 451 g/mol. The maximum absolute atomic E-state index is 15.1. The van der Waals surface area contributed by atoms with Gasteiger partial charge in [0.05, 0.1) is 16.6 Å². The molecule has 2 aliphatic heterocycles. The summed E-state index contributed by atoms with van der Waals surface area (Å²) in [5, 5.41) is 11.4. The summed E-state index contributed by atoms with van der Waals surface area (Å²) in [4.78, 5) is 13.9. The van der Waals surface area contributed by atoms with Crippen molar-refractivity contribution in [3.63, 3.8) is 0 Å². The number of aliphatic hydroxyl groups is 1. The van der Waals surface area contributed by atoms with Gasteiger partial charge in [0, 0.05) is 37.3 Å². The summed E-state index contributed by atoms with van der Waals surface area (Å²) in [7, 11) is 0. The van der Waals surface area contributed by atoms with Gasteiger partial charge in [0.25, 0.3) is 0 Å². The van der Waals surface area contributed by atoms with Crippen molar-refractivity contribution in [3.05, 3.63) is 58.4 Å². The van der Waals surface area contributed by atoms with Crippen LogP contribution in [0.25, 0.3) is 10.9 Å². The largest absolute Gasteiger partial charge is 0.391 e. The van der Waals surface area contributed by atoms with Crippen LogP contribution in [0.1, 0.15) is 55.0 Å². The summed E-state index contributed by atoms with van der Waals surface area (Å²) in [6.45, 7) is 5.27. The van der Waals surface area contributed by atoms with Gasteiger partial charge < -0.3 is 14.9 Å². The van der Waals surface area contributed by atoms with Crippen LogP contribution in [0.2, 0.25) is 5.02 Å². The lowest BCUT2D eigenvalue weighted by Crippen LogP contribution is -2.34. The highest BCUT2D eigenvalue weighted by atomic mass is 35.5. The van der Waals surface area contributed by atoms with Crippen molar-refractivity contribution in [1.29, 1.82) is 0 Å². The normalized spacial score (nSPS) is 22.5. The number of rotatable bonds is 4. The molecular formula is C27H30ClFN4O. The number of hydrogen-bond acceptors (Lipinski definition) is 5. The SMILES string of the molecule is Cc1ccccc1C1CCN(c2nc(C3(F)CC3)nc3c(Cl)cc(N4CC[C@@H](O)C4)cc23)CC1. The van der Waals surface area contributed by atoms with Crippen LogP contribution in [0, 0.1) is 6.92 Å². The van der Waals surface area contributed by atoms with E-state index in [1.54, 1.807) is 0 Å². The number of aliphatic hydroxyl groups excluding tert-OH is 1. The highest BCUT2D eigenvalue weighted by molar-refractivity contribution is 6.35. The van der Waals surface area contributed by atoms with E-state index in [9.17, 15) is 5.11 Å². The van der Waals surface area contributed by atoms with Gasteiger partial charge in [0.1, 0.15) is 5.82 Å². The summed E-state index contributed by atoms with van der Waals surface area (Å²) in [5.74, 6) is 1.57. The molecule has 0 bridgehead atoms. The minimum Gasteiger partial charge on any atom is -0.391 e. The zero-order valence-corrected chi connectivity index (χ0v) is 20.2. The van der Waals surface area contributed by atoms with E-state index in [4.69, 9.17) is 16.6 Å². The summed E-state index contributed by atoms with van der Waals surface area (Å²) >= 11 is 6.73. The van der Waals surface area contributed by atoms with Crippen LogP contribution in [0.15, 0.2) is 36.4 Å². The average Bonchev–Trinajstić information content (AvgIpc) is 3.45. The van der Waals surface area contributed by atoms with Crippen molar-refractivity contribution < 1.29 is 9.50 Å². The molecule has 1 atom stereocenters. The van der Waals surface area contributed by atoms with Crippen molar-refractivity contribution >= 4 is 34.0 Å². The molecule has 5 nitrogen and oxygen atoms in total. The van der Waals surface area contributed by atoms with Crippen molar-refractivity contribution in [2.24, 2.45) is 0 Å². The molecule has 3 fully saturated rings. The molecule has 0 radical (unpaired) electrons. The zero-order chi connectivity index (χ0) is 23.4. The zero-order valence-electron chi connectivity index (χ0n) is 19.5. The number of hydrogen-bond donors (Lipinski definition) is 1. The van der Waals surface area contributed by atoms with E-state index < -0.39 is 5.67 Å². The molecule has 1 N–H and O–H groups in total. The molecule has 2 saturated heterocycles. The van der Waals surface area contributed by atoms with Gasteiger partial charge in [-0.25, -0.2) is 14.4 Å². The van der Waals surface area contributed by atoms with E-state index in [1.807, 2.05) is 6.07 Å². The average molecular weight is 481 g/mol. The van der Waals surface area contributed by atoms with E-state index in [1.165, 1.54) is 11.1 Å². The lowest BCUT2D eigenvalue weighted by molar-refractivity contribution is 0.198. The van der Waals surface area contributed by atoms with Crippen LogP contribution in [0.3, 0.4) is 0 Å². The highest BCUT2D eigenvalue weighted by Crippen LogP contribution is 2.49. The predicted molar refractivity (Wildman–Crippen MR) is 135 cm³/mol. The Bertz CT molecular complexity index is 1240. The maximum atomic E-state index is 15.1. The molecule has 2 aromatic carbocycles. The monoisotopic (exact) mass is 480 g/mol. The number of piperidine rings is 1.